The fraction of sp³-hybridized carbons (Fsp3) is 0.185. The summed E-state index contributed by atoms with van der Waals surface area (Å²) < 4.78 is 11.6. The van der Waals surface area contributed by atoms with Crippen molar-refractivity contribution in [3.63, 3.8) is 0 Å². The summed E-state index contributed by atoms with van der Waals surface area (Å²) in [6.45, 7) is 4.84. The molecule has 0 heterocycles. The van der Waals surface area contributed by atoms with Gasteiger partial charge < -0.3 is 14.8 Å². The summed E-state index contributed by atoms with van der Waals surface area (Å²) in [5.74, 6) is 0.705. The molecule has 1 amide bonds. The molecule has 0 unspecified atom stereocenters. The van der Waals surface area contributed by atoms with E-state index in [-0.39, 0.29) is 5.57 Å². The van der Waals surface area contributed by atoms with Crippen molar-refractivity contribution < 1.29 is 14.3 Å². The molecular formula is C27H26N2O3. The number of nitriles is 1. The highest BCUT2D eigenvalue weighted by molar-refractivity contribution is 6.09. The molecule has 3 aromatic carbocycles. The van der Waals surface area contributed by atoms with Crippen LogP contribution in [-0.4, -0.2) is 12.5 Å². The Morgan fingerprint density at radius 2 is 1.69 bits per heavy atom. The van der Waals surface area contributed by atoms with E-state index in [1.54, 1.807) is 24.3 Å². The van der Waals surface area contributed by atoms with Gasteiger partial charge in [-0.2, -0.15) is 5.26 Å². The number of benzene rings is 3. The average Bonchev–Trinajstić information content (AvgIpc) is 2.83. The first-order chi connectivity index (χ1) is 15.6. The van der Waals surface area contributed by atoms with Crippen LogP contribution in [0.3, 0.4) is 0 Å². The number of aryl methyl sites for hydroxylation is 1. The zero-order valence-corrected chi connectivity index (χ0v) is 18.3. The zero-order valence-electron chi connectivity index (χ0n) is 18.3. The molecule has 0 atom stereocenters. The fourth-order valence-electron chi connectivity index (χ4n) is 3.07. The lowest BCUT2D eigenvalue weighted by Gasteiger charge is -2.13. The van der Waals surface area contributed by atoms with Gasteiger partial charge >= 0.3 is 0 Å². The molecule has 0 saturated heterocycles. The minimum absolute atomic E-state index is 0.00460. The number of nitrogens with one attached hydrogen (secondary N) is 1. The highest BCUT2D eigenvalue weighted by atomic mass is 16.5. The van der Waals surface area contributed by atoms with Gasteiger partial charge in [-0.25, -0.2) is 0 Å². The van der Waals surface area contributed by atoms with Crippen LogP contribution in [0.5, 0.6) is 11.5 Å². The molecule has 5 nitrogen and oxygen atoms in total. The van der Waals surface area contributed by atoms with Gasteiger partial charge in [0.25, 0.3) is 5.91 Å². The molecule has 0 fully saturated rings. The molecule has 0 radical (unpaired) electrons. The molecule has 3 aromatic rings. The van der Waals surface area contributed by atoms with Crippen LogP contribution in [0.4, 0.5) is 5.69 Å². The Morgan fingerprint density at radius 3 is 2.34 bits per heavy atom. The van der Waals surface area contributed by atoms with Gasteiger partial charge in [0.1, 0.15) is 18.2 Å². The molecular weight excluding hydrogens is 400 g/mol. The van der Waals surface area contributed by atoms with E-state index in [0.717, 1.165) is 12.0 Å². The number of hydrogen-bond acceptors (Lipinski definition) is 4. The molecule has 162 valence electrons. The Morgan fingerprint density at radius 1 is 0.938 bits per heavy atom. The van der Waals surface area contributed by atoms with Gasteiger partial charge in [0.05, 0.1) is 6.61 Å². The van der Waals surface area contributed by atoms with Crippen LogP contribution >= 0.6 is 0 Å². The second-order valence-corrected chi connectivity index (χ2v) is 7.09. The first kappa shape index (κ1) is 22.6. The fourth-order valence-corrected chi connectivity index (χ4v) is 3.07. The van der Waals surface area contributed by atoms with Crippen molar-refractivity contribution in [2.45, 2.75) is 26.9 Å². The van der Waals surface area contributed by atoms with Crippen LogP contribution in [0.2, 0.25) is 0 Å². The van der Waals surface area contributed by atoms with Gasteiger partial charge in [0.2, 0.25) is 0 Å². The number of rotatable bonds is 9. The van der Waals surface area contributed by atoms with Gasteiger partial charge in [-0.1, -0.05) is 55.5 Å². The van der Waals surface area contributed by atoms with Crippen molar-refractivity contribution in [1.29, 1.82) is 5.26 Å². The van der Waals surface area contributed by atoms with Crippen LogP contribution in [-0.2, 0) is 17.8 Å². The Hall–Kier alpha value is -4.04. The van der Waals surface area contributed by atoms with E-state index in [4.69, 9.17) is 9.47 Å². The minimum atomic E-state index is -0.459. The number of carbonyl (C=O) groups excluding carboxylic acids is 1. The number of amides is 1. The summed E-state index contributed by atoms with van der Waals surface area (Å²) in [5, 5.41) is 12.3. The summed E-state index contributed by atoms with van der Waals surface area (Å²) in [7, 11) is 0. The van der Waals surface area contributed by atoms with Crippen LogP contribution in [0.25, 0.3) is 6.08 Å². The summed E-state index contributed by atoms with van der Waals surface area (Å²) in [6, 6.07) is 24.8. The maximum Gasteiger partial charge on any atom is 0.266 e. The van der Waals surface area contributed by atoms with Gasteiger partial charge in [0, 0.05) is 5.69 Å². The molecule has 3 rings (SSSR count). The van der Waals surface area contributed by atoms with Crippen molar-refractivity contribution in [3.05, 3.63) is 95.1 Å². The summed E-state index contributed by atoms with van der Waals surface area (Å²) >= 11 is 0. The van der Waals surface area contributed by atoms with E-state index in [1.165, 1.54) is 5.56 Å². The molecule has 0 aliphatic heterocycles. The standard InChI is InChI=1S/C27H26N2O3/c1-3-20-10-13-24(14-11-20)29-27(30)23(18-28)16-22-12-15-25(26(17-22)31-4-2)32-19-21-8-6-5-7-9-21/h5-17H,3-4,19H2,1-2H3,(H,29,30)/b23-16-. The van der Waals surface area contributed by atoms with E-state index in [9.17, 15) is 10.1 Å². The zero-order chi connectivity index (χ0) is 22.8. The Labute approximate surface area is 188 Å². The van der Waals surface area contributed by atoms with Crippen molar-refractivity contribution in [1.82, 2.24) is 0 Å². The van der Waals surface area contributed by atoms with Crippen molar-refractivity contribution in [3.8, 4) is 17.6 Å². The summed E-state index contributed by atoms with van der Waals surface area (Å²) in [5.41, 5.74) is 3.55. The summed E-state index contributed by atoms with van der Waals surface area (Å²) in [4.78, 5) is 12.6. The maximum absolute atomic E-state index is 12.6. The van der Waals surface area contributed by atoms with E-state index in [1.807, 2.05) is 67.6 Å². The highest BCUT2D eigenvalue weighted by Gasteiger charge is 2.12. The van der Waals surface area contributed by atoms with E-state index in [0.29, 0.717) is 36.0 Å². The largest absolute Gasteiger partial charge is 0.490 e. The lowest BCUT2D eigenvalue weighted by Crippen LogP contribution is -2.13. The third-order valence-corrected chi connectivity index (χ3v) is 4.80. The average molecular weight is 427 g/mol. The topological polar surface area (TPSA) is 71.3 Å². The van der Waals surface area contributed by atoms with Gasteiger partial charge in [-0.05, 0) is 60.4 Å². The van der Waals surface area contributed by atoms with Crippen molar-refractivity contribution in [2.75, 3.05) is 11.9 Å². The molecule has 5 heteroatoms. The normalized spacial score (nSPS) is 10.8. The number of carbonyl (C=O) groups is 1. The Kier molecular flexibility index (Phi) is 8.05. The SMILES string of the molecule is CCOc1cc(/C=C(/C#N)C(=O)Nc2ccc(CC)cc2)ccc1OCc1ccccc1. The number of hydrogen-bond donors (Lipinski definition) is 1. The molecule has 0 aliphatic rings. The quantitative estimate of drug-likeness (QED) is 0.348. The molecule has 0 aromatic heterocycles. The van der Waals surface area contributed by atoms with Crippen LogP contribution in [0, 0.1) is 11.3 Å². The first-order valence-electron chi connectivity index (χ1n) is 10.6. The lowest BCUT2D eigenvalue weighted by molar-refractivity contribution is -0.112. The van der Waals surface area contributed by atoms with Gasteiger partial charge in [-0.3, -0.25) is 4.79 Å². The molecule has 1 N–H and O–H groups in total. The number of anilines is 1. The molecule has 0 bridgehead atoms. The first-order valence-corrected chi connectivity index (χ1v) is 10.6. The number of ether oxygens (including phenoxy) is 2. The maximum atomic E-state index is 12.6. The predicted molar refractivity (Wildman–Crippen MR) is 126 cm³/mol. The minimum Gasteiger partial charge on any atom is -0.490 e. The smallest absolute Gasteiger partial charge is 0.266 e. The molecule has 0 spiro atoms. The van der Waals surface area contributed by atoms with Crippen molar-refractivity contribution in [2.24, 2.45) is 0 Å². The second-order valence-electron chi connectivity index (χ2n) is 7.09. The molecule has 0 saturated carbocycles. The Bertz CT molecular complexity index is 1110. The van der Waals surface area contributed by atoms with E-state index in [2.05, 4.69) is 12.2 Å². The summed E-state index contributed by atoms with van der Waals surface area (Å²) in [6.07, 6.45) is 2.46. The van der Waals surface area contributed by atoms with E-state index < -0.39 is 5.91 Å². The van der Waals surface area contributed by atoms with Crippen molar-refractivity contribution >= 4 is 17.7 Å². The molecule has 32 heavy (non-hydrogen) atoms. The van der Waals surface area contributed by atoms with Crippen LogP contribution < -0.4 is 14.8 Å². The van der Waals surface area contributed by atoms with E-state index >= 15 is 0 Å². The monoisotopic (exact) mass is 426 g/mol. The number of nitrogens with zero attached hydrogens (tertiary/aromatic N) is 1. The van der Waals surface area contributed by atoms with Gasteiger partial charge in [-0.15, -0.1) is 0 Å². The lowest BCUT2D eigenvalue weighted by atomic mass is 10.1. The third-order valence-electron chi connectivity index (χ3n) is 4.80. The Balaban J connectivity index is 1.76. The van der Waals surface area contributed by atoms with Gasteiger partial charge in [0.15, 0.2) is 11.5 Å². The highest BCUT2D eigenvalue weighted by Crippen LogP contribution is 2.30. The third kappa shape index (κ3) is 6.23. The molecule has 0 aliphatic carbocycles. The second kappa shape index (κ2) is 11.4. The predicted octanol–water partition coefficient (Wildman–Crippen LogP) is 5.77. The van der Waals surface area contributed by atoms with Crippen LogP contribution in [0.15, 0.2) is 78.4 Å². The van der Waals surface area contributed by atoms with Crippen LogP contribution in [0.1, 0.15) is 30.5 Å².